The fraction of sp³-hybridized carbons (Fsp3) is 0.636. The van der Waals surface area contributed by atoms with Crippen molar-refractivity contribution in [2.75, 3.05) is 13.1 Å². The van der Waals surface area contributed by atoms with E-state index in [0.717, 1.165) is 18.4 Å². The van der Waals surface area contributed by atoms with Gasteiger partial charge in [-0.2, -0.15) is 0 Å². The summed E-state index contributed by atoms with van der Waals surface area (Å²) in [5.74, 6) is -0.574. The van der Waals surface area contributed by atoms with Crippen LogP contribution in [0.1, 0.15) is 19.3 Å². The van der Waals surface area contributed by atoms with E-state index in [-0.39, 0.29) is 11.8 Å². The van der Waals surface area contributed by atoms with Gasteiger partial charge in [-0.25, -0.2) is 0 Å². The standard InChI is InChI=1S/C11H16N2O3/c12-9(11(15)16)7-3-5-13(6-4-7)10(14)8-1-2-8/h3,8-9H,1-2,4-6,12H2,(H,15,16). The molecule has 3 N–H and O–H groups in total. The van der Waals surface area contributed by atoms with Crippen LogP contribution < -0.4 is 5.73 Å². The number of carboxylic acids is 1. The van der Waals surface area contributed by atoms with Crippen LogP contribution in [0.2, 0.25) is 0 Å². The Balaban J connectivity index is 1.93. The summed E-state index contributed by atoms with van der Waals surface area (Å²) in [5, 5.41) is 8.76. The van der Waals surface area contributed by atoms with Crippen molar-refractivity contribution in [1.29, 1.82) is 0 Å². The highest BCUT2D eigenvalue weighted by Gasteiger charge is 2.34. The maximum absolute atomic E-state index is 11.7. The fourth-order valence-electron chi connectivity index (χ4n) is 1.91. The third-order valence-electron chi connectivity index (χ3n) is 3.15. The van der Waals surface area contributed by atoms with Gasteiger partial charge in [-0.3, -0.25) is 9.59 Å². The quantitative estimate of drug-likeness (QED) is 0.659. The summed E-state index contributed by atoms with van der Waals surface area (Å²) in [4.78, 5) is 24.2. The maximum Gasteiger partial charge on any atom is 0.324 e. The molecule has 88 valence electrons. The molecule has 1 amide bonds. The number of carbonyl (C=O) groups excluding carboxylic acids is 1. The van der Waals surface area contributed by atoms with Gasteiger partial charge in [-0.05, 0) is 24.8 Å². The molecule has 1 heterocycles. The molecule has 0 bridgehead atoms. The number of hydrogen-bond donors (Lipinski definition) is 2. The first-order valence-corrected chi connectivity index (χ1v) is 5.55. The van der Waals surface area contributed by atoms with Crippen molar-refractivity contribution in [3.8, 4) is 0 Å². The lowest BCUT2D eigenvalue weighted by molar-refractivity contribution is -0.137. The molecule has 5 nitrogen and oxygen atoms in total. The number of nitrogens with zero attached hydrogens (tertiary/aromatic N) is 1. The maximum atomic E-state index is 11.7. The lowest BCUT2D eigenvalue weighted by atomic mass is 10.0. The molecule has 0 aromatic carbocycles. The zero-order valence-electron chi connectivity index (χ0n) is 9.06. The van der Waals surface area contributed by atoms with Crippen molar-refractivity contribution in [2.45, 2.75) is 25.3 Å². The van der Waals surface area contributed by atoms with Crippen molar-refractivity contribution in [1.82, 2.24) is 4.90 Å². The highest BCUT2D eigenvalue weighted by molar-refractivity contribution is 5.82. The largest absolute Gasteiger partial charge is 0.480 e. The Hall–Kier alpha value is -1.36. The van der Waals surface area contributed by atoms with Crippen LogP contribution in [0.4, 0.5) is 0 Å². The molecule has 0 radical (unpaired) electrons. The van der Waals surface area contributed by atoms with Gasteiger partial charge in [0.1, 0.15) is 6.04 Å². The Bertz CT molecular complexity index is 347. The fourth-order valence-corrected chi connectivity index (χ4v) is 1.91. The van der Waals surface area contributed by atoms with E-state index in [2.05, 4.69) is 0 Å². The molecule has 1 unspecified atom stereocenters. The topological polar surface area (TPSA) is 83.6 Å². The van der Waals surface area contributed by atoms with E-state index in [9.17, 15) is 9.59 Å². The lowest BCUT2D eigenvalue weighted by Gasteiger charge is -2.27. The van der Waals surface area contributed by atoms with E-state index in [1.165, 1.54) is 0 Å². The van der Waals surface area contributed by atoms with Crippen molar-refractivity contribution in [2.24, 2.45) is 11.7 Å². The number of aliphatic carboxylic acids is 1. The Morgan fingerprint density at radius 1 is 1.50 bits per heavy atom. The predicted molar refractivity (Wildman–Crippen MR) is 57.6 cm³/mol. The molecule has 5 heteroatoms. The van der Waals surface area contributed by atoms with Crippen LogP contribution >= 0.6 is 0 Å². The second-order valence-electron chi connectivity index (χ2n) is 4.40. The molecule has 0 saturated heterocycles. The van der Waals surface area contributed by atoms with E-state index in [4.69, 9.17) is 10.8 Å². The predicted octanol–water partition coefficient (Wildman–Crippen LogP) is -0.0330. The van der Waals surface area contributed by atoms with Crippen LogP contribution in [-0.2, 0) is 9.59 Å². The summed E-state index contributed by atoms with van der Waals surface area (Å²) in [6.45, 7) is 1.10. The number of hydrogen-bond acceptors (Lipinski definition) is 3. The SMILES string of the molecule is NC(C(=O)O)C1=CCN(C(=O)C2CC2)CC1. The zero-order chi connectivity index (χ0) is 11.7. The van der Waals surface area contributed by atoms with Gasteiger partial charge in [0.15, 0.2) is 0 Å². The minimum atomic E-state index is -1.01. The van der Waals surface area contributed by atoms with E-state index in [0.29, 0.717) is 19.5 Å². The van der Waals surface area contributed by atoms with E-state index in [1.54, 1.807) is 11.0 Å². The normalized spacial score (nSPS) is 22.6. The lowest BCUT2D eigenvalue weighted by Crippen LogP contribution is -2.40. The van der Waals surface area contributed by atoms with Crippen molar-refractivity contribution in [3.63, 3.8) is 0 Å². The number of carbonyl (C=O) groups is 2. The minimum absolute atomic E-state index is 0.208. The average molecular weight is 224 g/mol. The van der Waals surface area contributed by atoms with Gasteiger partial charge in [0.05, 0.1) is 0 Å². The minimum Gasteiger partial charge on any atom is -0.480 e. The second-order valence-corrected chi connectivity index (χ2v) is 4.40. The molecule has 2 aliphatic rings. The summed E-state index contributed by atoms with van der Waals surface area (Å²) in [6, 6.07) is -0.918. The van der Waals surface area contributed by atoms with Gasteiger partial charge < -0.3 is 15.7 Å². The average Bonchev–Trinajstić information content (AvgIpc) is 3.11. The molecule has 2 rings (SSSR count). The molecule has 1 aliphatic heterocycles. The molecule has 1 saturated carbocycles. The van der Waals surface area contributed by atoms with Gasteiger partial charge in [0, 0.05) is 19.0 Å². The Kier molecular flexibility index (Phi) is 2.96. The third kappa shape index (κ3) is 2.24. The molecule has 0 spiro atoms. The summed E-state index contributed by atoms with van der Waals surface area (Å²) in [7, 11) is 0. The second kappa shape index (κ2) is 4.25. The molecule has 1 aliphatic carbocycles. The monoisotopic (exact) mass is 224 g/mol. The first-order chi connectivity index (χ1) is 7.59. The van der Waals surface area contributed by atoms with Crippen molar-refractivity contribution < 1.29 is 14.7 Å². The van der Waals surface area contributed by atoms with Gasteiger partial charge in [0.2, 0.25) is 5.91 Å². The Morgan fingerprint density at radius 3 is 2.62 bits per heavy atom. The van der Waals surface area contributed by atoms with E-state index < -0.39 is 12.0 Å². The van der Waals surface area contributed by atoms with E-state index in [1.807, 2.05) is 0 Å². The van der Waals surface area contributed by atoms with Crippen LogP contribution in [0, 0.1) is 5.92 Å². The number of nitrogens with two attached hydrogens (primary N) is 1. The highest BCUT2D eigenvalue weighted by Crippen LogP contribution is 2.31. The Morgan fingerprint density at radius 2 is 2.19 bits per heavy atom. The molecule has 0 aromatic rings. The summed E-state index contributed by atoms with van der Waals surface area (Å²) in [5.41, 5.74) is 6.24. The summed E-state index contributed by atoms with van der Waals surface area (Å²) < 4.78 is 0. The van der Waals surface area contributed by atoms with Crippen LogP contribution in [-0.4, -0.2) is 41.0 Å². The van der Waals surface area contributed by atoms with Crippen LogP contribution in [0.5, 0.6) is 0 Å². The number of amides is 1. The van der Waals surface area contributed by atoms with Crippen molar-refractivity contribution in [3.05, 3.63) is 11.6 Å². The molecular formula is C11H16N2O3. The Labute approximate surface area is 93.9 Å². The van der Waals surface area contributed by atoms with E-state index >= 15 is 0 Å². The first-order valence-electron chi connectivity index (χ1n) is 5.55. The highest BCUT2D eigenvalue weighted by atomic mass is 16.4. The van der Waals surface area contributed by atoms with Gasteiger partial charge in [-0.15, -0.1) is 0 Å². The zero-order valence-corrected chi connectivity index (χ0v) is 9.06. The van der Waals surface area contributed by atoms with Gasteiger partial charge >= 0.3 is 5.97 Å². The van der Waals surface area contributed by atoms with Crippen LogP contribution in [0.25, 0.3) is 0 Å². The van der Waals surface area contributed by atoms with Crippen LogP contribution in [0.15, 0.2) is 11.6 Å². The summed E-state index contributed by atoms with van der Waals surface area (Å²) in [6.07, 6.45) is 4.36. The molecule has 16 heavy (non-hydrogen) atoms. The summed E-state index contributed by atoms with van der Waals surface area (Å²) >= 11 is 0. The molecule has 1 fully saturated rings. The number of rotatable bonds is 3. The number of carboxylic acid groups (broad SMARTS) is 1. The van der Waals surface area contributed by atoms with Crippen molar-refractivity contribution >= 4 is 11.9 Å². The smallest absolute Gasteiger partial charge is 0.324 e. The molecule has 1 atom stereocenters. The van der Waals surface area contributed by atoms with Gasteiger partial charge in [0.25, 0.3) is 0 Å². The molecule has 0 aromatic heterocycles. The molecular weight excluding hydrogens is 208 g/mol. The first kappa shape index (κ1) is 11.1. The van der Waals surface area contributed by atoms with Crippen LogP contribution in [0.3, 0.4) is 0 Å². The third-order valence-corrected chi connectivity index (χ3v) is 3.15. The van der Waals surface area contributed by atoms with Gasteiger partial charge in [-0.1, -0.05) is 6.08 Å².